The van der Waals surface area contributed by atoms with Crippen molar-refractivity contribution in [1.29, 1.82) is 0 Å². The van der Waals surface area contributed by atoms with Gasteiger partial charge in [-0.05, 0) is 42.8 Å². The van der Waals surface area contributed by atoms with Crippen LogP contribution in [0.25, 0.3) is 0 Å². The van der Waals surface area contributed by atoms with Gasteiger partial charge in [0.15, 0.2) is 5.78 Å². The Morgan fingerprint density at radius 2 is 1.82 bits per heavy atom. The monoisotopic (exact) mass is 315 g/mol. The van der Waals surface area contributed by atoms with Gasteiger partial charge in [-0.25, -0.2) is 0 Å². The third-order valence-electron chi connectivity index (χ3n) is 4.13. The highest BCUT2D eigenvalue weighted by Gasteiger charge is 2.50. The Hall–Kier alpha value is -2.17. The zero-order chi connectivity index (χ0) is 15.9. The van der Waals surface area contributed by atoms with Crippen LogP contribution >= 0.6 is 11.6 Å². The van der Waals surface area contributed by atoms with Gasteiger partial charge in [-0.3, -0.25) is 9.59 Å². The van der Waals surface area contributed by atoms with Gasteiger partial charge in [0, 0.05) is 16.3 Å². The molecule has 0 bridgehead atoms. The summed E-state index contributed by atoms with van der Waals surface area (Å²) in [5.41, 5.74) is 0.246. The average Bonchev–Trinajstić information content (AvgIpc) is 2.79. The smallest absolute Gasteiger partial charge is 0.237 e. The minimum atomic E-state index is -1.47. The van der Waals surface area contributed by atoms with E-state index < -0.39 is 17.3 Å². The van der Waals surface area contributed by atoms with Crippen LogP contribution in [0.1, 0.15) is 22.8 Å². The predicted molar refractivity (Wildman–Crippen MR) is 84.2 cm³/mol. The first-order valence-electron chi connectivity index (χ1n) is 6.83. The molecule has 112 valence electrons. The minimum Gasteiger partial charge on any atom is -0.383 e. The number of carbonyl (C=O) groups is 2. The maximum atomic E-state index is 12.5. The van der Waals surface area contributed by atoms with Gasteiger partial charge in [-0.1, -0.05) is 29.8 Å². The number of benzene rings is 2. The summed E-state index contributed by atoms with van der Waals surface area (Å²) in [7, 11) is 0. The minimum absolute atomic E-state index is 0.315. The summed E-state index contributed by atoms with van der Waals surface area (Å²) in [6.45, 7) is 1.58. The van der Waals surface area contributed by atoms with Crippen LogP contribution in [-0.2, 0) is 10.2 Å². The first-order valence-corrected chi connectivity index (χ1v) is 7.21. The molecule has 2 unspecified atom stereocenters. The van der Waals surface area contributed by atoms with Gasteiger partial charge in [0.25, 0.3) is 0 Å². The summed E-state index contributed by atoms with van der Waals surface area (Å²) in [5, 5.41) is 13.8. The maximum Gasteiger partial charge on any atom is 0.237 e. The van der Waals surface area contributed by atoms with Crippen molar-refractivity contribution in [2.45, 2.75) is 18.4 Å². The van der Waals surface area contributed by atoms with E-state index in [1.807, 2.05) is 0 Å². The second-order valence-corrected chi connectivity index (χ2v) is 5.91. The average molecular weight is 316 g/mol. The molecule has 1 aliphatic rings. The summed E-state index contributed by atoms with van der Waals surface area (Å²) in [6.07, 6.45) is -1.47. The molecule has 1 amide bonds. The zero-order valence-corrected chi connectivity index (χ0v) is 12.6. The van der Waals surface area contributed by atoms with Crippen LogP contribution in [0.2, 0.25) is 5.02 Å². The molecule has 4 nitrogen and oxygen atoms in total. The fraction of sp³-hybridized carbons (Fsp3) is 0.176. The third-order valence-corrected chi connectivity index (χ3v) is 4.38. The lowest BCUT2D eigenvalue weighted by molar-refractivity contribution is -0.123. The first kappa shape index (κ1) is 14.8. The van der Waals surface area contributed by atoms with E-state index in [0.717, 1.165) is 0 Å². The zero-order valence-electron chi connectivity index (χ0n) is 11.8. The van der Waals surface area contributed by atoms with Crippen LogP contribution in [0.15, 0.2) is 48.5 Å². The van der Waals surface area contributed by atoms with E-state index in [0.29, 0.717) is 21.8 Å². The molecule has 0 fully saturated rings. The number of ketones is 1. The topological polar surface area (TPSA) is 66.4 Å². The van der Waals surface area contributed by atoms with Gasteiger partial charge in [0.1, 0.15) is 11.5 Å². The van der Waals surface area contributed by atoms with Crippen molar-refractivity contribution in [3.63, 3.8) is 0 Å². The Labute approximate surface area is 132 Å². The lowest BCUT2D eigenvalue weighted by Crippen LogP contribution is -2.47. The van der Waals surface area contributed by atoms with E-state index in [1.165, 1.54) is 12.1 Å². The normalized spacial score (nSPS) is 21.1. The highest BCUT2D eigenvalue weighted by Crippen LogP contribution is 2.40. The molecule has 0 radical (unpaired) electrons. The van der Waals surface area contributed by atoms with Crippen LogP contribution in [0.4, 0.5) is 5.69 Å². The van der Waals surface area contributed by atoms with E-state index in [-0.39, 0.29) is 5.91 Å². The number of para-hydroxylation sites is 1. The Kier molecular flexibility index (Phi) is 3.51. The van der Waals surface area contributed by atoms with Gasteiger partial charge in [-0.2, -0.15) is 0 Å². The predicted octanol–water partition coefficient (Wildman–Crippen LogP) is 2.79. The van der Waals surface area contributed by atoms with Crippen molar-refractivity contribution in [3.8, 4) is 0 Å². The molecule has 1 aliphatic heterocycles. The molecule has 2 N–H and O–H groups in total. The Bertz CT molecular complexity index is 757. The van der Waals surface area contributed by atoms with Crippen LogP contribution in [0.5, 0.6) is 0 Å². The fourth-order valence-electron chi connectivity index (χ4n) is 2.73. The molecule has 0 saturated heterocycles. The van der Waals surface area contributed by atoms with Gasteiger partial charge < -0.3 is 10.4 Å². The molecular formula is C17H14ClNO3. The molecule has 2 aromatic carbocycles. The van der Waals surface area contributed by atoms with E-state index in [1.54, 1.807) is 43.3 Å². The van der Waals surface area contributed by atoms with E-state index in [9.17, 15) is 14.7 Å². The van der Waals surface area contributed by atoms with Crippen LogP contribution < -0.4 is 5.32 Å². The number of nitrogens with one attached hydrogen (secondary N) is 1. The summed E-state index contributed by atoms with van der Waals surface area (Å²) in [4.78, 5) is 24.9. The van der Waals surface area contributed by atoms with E-state index in [4.69, 9.17) is 11.6 Å². The molecule has 2 aromatic rings. The van der Waals surface area contributed by atoms with E-state index in [2.05, 4.69) is 5.32 Å². The number of aliphatic hydroxyl groups is 1. The molecule has 22 heavy (non-hydrogen) atoms. The van der Waals surface area contributed by atoms with Crippen LogP contribution in [0.3, 0.4) is 0 Å². The number of aliphatic hydroxyl groups excluding tert-OH is 1. The molecule has 0 saturated carbocycles. The highest BCUT2D eigenvalue weighted by molar-refractivity contribution is 6.30. The van der Waals surface area contributed by atoms with Crippen molar-refractivity contribution < 1.29 is 14.7 Å². The molecular weight excluding hydrogens is 302 g/mol. The van der Waals surface area contributed by atoms with Crippen molar-refractivity contribution in [2.75, 3.05) is 5.32 Å². The molecule has 0 aliphatic carbocycles. The molecule has 0 aromatic heterocycles. The second kappa shape index (κ2) is 5.23. The third kappa shape index (κ3) is 2.12. The van der Waals surface area contributed by atoms with Gasteiger partial charge in [0.05, 0.1) is 0 Å². The summed E-state index contributed by atoms with van der Waals surface area (Å²) in [6, 6.07) is 13.3. The van der Waals surface area contributed by atoms with Gasteiger partial charge >= 0.3 is 0 Å². The number of fused-ring (bicyclic) bond motifs is 1. The first-order chi connectivity index (χ1) is 10.4. The number of halogens is 1. The fourth-order valence-corrected chi connectivity index (χ4v) is 2.85. The molecule has 0 spiro atoms. The summed E-state index contributed by atoms with van der Waals surface area (Å²) < 4.78 is 0. The van der Waals surface area contributed by atoms with Gasteiger partial charge in [-0.15, -0.1) is 0 Å². The molecule has 1 heterocycles. The number of hydrogen-bond acceptors (Lipinski definition) is 3. The Morgan fingerprint density at radius 3 is 2.50 bits per heavy atom. The highest BCUT2D eigenvalue weighted by atomic mass is 35.5. The number of anilines is 1. The number of Topliss-reactive ketones (excluding diaryl/α,β-unsaturated/α-hetero) is 1. The number of carbonyl (C=O) groups excluding carboxylic acids is 2. The largest absolute Gasteiger partial charge is 0.383 e. The standard InChI is InChI=1S/C17H14ClNO3/c1-17(12-4-2-3-5-13(12)19-16(17)22)15(21)14(20)10-6-8-11(18)9-7-10/h2-9,15,21H,1H3,(H,19,22). The van der Waals surface area contributed by atoms with Crippen LogP contribution in [0, 0.1) is 0 Å². The SMILES string of the molecule is CC1(C(O)C(=O)c2ccc(Cl)cc2)C(=O)Nc2ccccc21. The molecule has 3 rings (SSSR count). The Balaban J connectivity index is 2.00. The van der Waals surface area contributed by atoms with Crippen molar-refractivity contribution in [2.24, 2.45) is 0 Å². The summed E-state index contributed by atoms with van der Waals surface area (Å²) >= 11 is 5.80. The van der Waals surface area contributed by atoms with Gasteiger partial charge in [0.2, 0.25) is 5.91 Å². The number of rotatable bonds is 3. The van der Waals surface area contributed by atoms with Crippen LogP contribution in [-0.4, -0.2) is 22.9 Å². The van der Waals surface area contributed by atoms with Crippen molar-refractivity contribution >= 4 is 29.0 Å². The van der Waals surface area contributed by atoms with Crippen molar-refractivity contribution in [3.05, 3.63) is 64.7 Å². The summed E-state index contributed by atoms with van der Waals surface area (Å²) in [5.74, 6) is -0.894. The molecule has 5 heteroatoms. The number of hydrogen-bond donors (Lipinski definition) is 2. The lowest BCUT2D eigenvalue weighted by atomic mass is 9.76. The quantitative estimate of drug-likeness (QED) is 0.856. The number of amides is 1. The van der Waals surface area contributed by atoms with Crippen molar-refractivity contribution in [1.82, 2.24) is 0 Å². The lowest BCUT2D eigenvalue weighted by Gasteiger charge is -2.27. The Morgan fingerprint density at radius 1 is 1.18 bits per heavy atom. The molecule has 2 atom stereocenters. The maximum absolute atomic E-state index is 12.5. The second-order valence-electron chi connectivity index (χ2n) is 5.48. The van der Waals surface area contributed by atoms with E-state index >= 15 is 0 Å².